The molecule has 1 aliphatic rings. The van der Waals surface area contributed by atoms with E-state index in [2.05, 4.69) is 39.7 Å². The number of methoxy groups -OCH3 is 1. The number of hydrogen-bond acceptors (Lipinski definition) is 5. The van der Waals surface area contributed by atoms with Crippen molar-refractivity contribution in [1.82, 2.24) is 19.9 Å². The Morgan fingerprint density at radius 2 is 2.00 bits per heavy atom. The second kappa shape index (κ2) is 9.65. The summed E-state index contributed by atoms with van der Waals surface area (Å²) in [5, 5.41) is 17.7. The number of ether oxygens (including phenoxy) is 1. The van der Waals surface area contributed by atoms with E-state index in [1.807, 2.05) is 30.5 Å². The molecule has 174 valence electrons. The number of carbonyl (C=O) groups excluding carboxylic acids is 1. The molecule has 4 aromatic rings. The van der Waals surface area contributed by atoms with Crippen molar-refractivity contribution in [2.24, 2.45) is 0 Å². The second-order valence-electron chi connectivity index (χ2n) is 8.77. The molecule has 2 N–H and O–H groups in total. The fraction of sp³-hybridized carbons (Fsp3) is 0.296. The van der Waals surface area contributed by atoms with Gasteiger partial charge in [-0.05, 0) is 60.2 Å². The molecular formula is C27H28N4O3. The lowest BCUT2D eigenvalue weighted by Crippen LogP contribution is -2.45. The van der Waals surface area contributed by atoms with Crippen molar-refractivity contribution in [3.63, 3.8) is 0 Å². The first-order chi connectivity index (χ1) is 16.6. The Bertz CT molecular complexity index is 1300. The molecule has 0 spiro atoms. The molecule has 0 unspecified atom stereocenters. The van der Waals surface area contributed by atoms with Crippen LogP contribution in [0.25, 0.3) is 16.6 Å². The largest absolute Gasteiger partial charge is 0.494 e. The first-order valence-electron chi connectivity index (χ1n) is 11.7. The smallest absolute Gasteiger partial charge is 0.272 e. The highest BCUT2D eigenvalue weighted by Crippen LogP contribution is 2.29. The molecule has 1 saturated carbocycles. The molecule has 0 saturated heterocycles. The third-order valence-electron chi connectivity index (χ3n) is 6.53. The maximum atomic E-state index is 13.0. The first kappa shape index (κ1) is 22.1. The molecule has 34 heavy (non-hydrogen) atoms. The Morgan fingerprint density at radius 1 is 1.18 bits per heavy atom. The number of fused-ring (bicyclic) bond motifs is 1. The van der Waals surface area contributed by atoms with E-state index in [9.17, 15) is 9.90 Å². The minimum absolute atomic E-state index is 0.218. The van der Waals surface area contributed by atoms with Crippen LogP contribution in [0.5, 0.6) is 5.75 Å². The minimum atomic E-state index is -0.495. The summed E-state index contributed by atoms with van der Waals surface area (Å²) in [6, 6.07) is 15.8. The van der Waals surface area contributed by atoms with Gasteiger partial charge in [0.2, 0.25) is 0 Å². The molecule has 3 heterocycles. The average molecular weight is 457 g/mol. The van der Waals surface area contributed by atoms with Gasteiger partial charge in [-0.3, -0.25) is 9.78 Å². The predicted molar refractivity (Wildman–Crippen MR) is 130 cm³/mol. The van der Waals surface area contributed by atoms with E-state index in [0.29, 0.717) is 12.1 Å². The van der Waals surface area contributed by atoms with Crippen LogP contribution in [0.2, 0.25) is 0 Å². The van der Waals surface area contributed by atoms with Gasteiger partial charge in [-0.25, -0.2) is 4.52 Å². The van der Waals surface area contributed by atoms with Gasteiger partial charge in [0, 0.05) is 18.0 Å². The number of carbonyl (C=O) groups is 1. The number of nitrogens with one attached hydrogen (secondary N) is 1. The summed E-state index contributed by atoms with van der Waals surface area (Å²) in [7, 11) is 1.64. The number of pyridine rings is 1. The topological polar surface area (TPSA) is 88.8 Å². The zero-order chi connectivity index (χ0) is 23.5. The second-order valence-corrected chi connectivity index (χ2v) is 8.77. The Morgan fingerprint density at radius 3 is 2.79 bits per heavy atom. The van der Waals surface area contributed by atoms with E-state index in [4.69, 9.17) is 4.74 Å². The van der Waals surface area contributed by atoms with Crippen LogP contribution in [-0.4, -0.2) is 44.9 Å². The number of nitrogens with zero attached hydrogens (tertiary/aromatic N) is 3. The van der Waals surface area contributed by atoms with Gasteiger partial charge in [0.1, 0.15) is 11.4 Å². The zero-order valence-electron chi connectivity index (χ0n) is 19.1. The number of aliphatic hydroxyl groups excluding tert-OH is 1. The highest BCUT2D eigenvalue weighted by atomic mass is 16.5. The third-order valence-corrected chi connectivity index (χ3v) is 6.53. The molecule has 0 aliphatic heterocycles. The fourth-order valence-corrected chi connectivity index (χ4v) is 4.68. The van der Waals surface area contributed by atoms with Crippen LogP contribution in [-0.2, 0) is 6.42 Å². The van der Waals surface area contributed by atoms with Crippen molar-refractivity contribution in [2.45, 2.75) is 44.2 Å². The van der Waals surface area contributed by atoms with E-state index in [1.165, 1.54) is 0 Å². The summed E-state index contributed by atoms with van der Waals surface area (Å²) >= 11 is 0. The average Bonchev–Trinajstić information content (AvgIpc) is 3.35. The summed E-state index contributed by atoms with van der Waals surface area (Å²) in [6.45, 7) is 0. The van der Waals surface area contributed by atoms with Gasteiger partial charge in [-0.1, -0.05) is 37.1 Å². The third kappa shape index (κ3) is 4.52. The zero-order valence-corrected chi connectivity index (χ0v) is 19.1. The normalized spacial score (nSPS) is 18.1. The molecular weight excluding hydrogens is 428 g/mol. The number of aromatic nitrogens is 3. The number of rotatable bonds is 6. The monoisotopic (exact) mass is 456 g/mol. The van der Waals surface area contributed by atoms with E-state index in [-0.39, 0.29) is 11.9 Å². The highest BCUT2D eigenvalue weighted by molar-refractivity contribution is 5.93. The minimum Gasteiger partial charge on any atom is -0.494 e. The molecule has 0 bridgehead atoms. The van der Waals surface area contributed by atoms with E-state index in [1.54, 1.807) is 24.0 Å². The van der Waals surface area contributed by atoms with Crippen molar-refractivity contribution < 1.29 is 14.6 Å². The van der Waals surface area contributed by atoms with Gasteiger partial charge in [-0.2, -0.15) is 5.10 Å². The SMILES string of the molecule is COc1cnccc1-c1ccc(Cc2cc(C(=O)N[C@H]3CCCC[C@@H]3O)nn3cccc23)cc1. The van der Waals surface area contributed by atoms with Gasteiger partial charge >= 0.3 is 0 Å². The molecule has 2 atom stereocenters. The number of hydrogen-bond donors (Lipinski definition) is 2. The van der Waals surface area contributed by atoms with Crippen LogP contribution in [0.15, 0.2) is 67.1 Å². The van der Waals surface area contributed by atoms with Crippen LogP contribution < -0.4 is 10.1 Å². The van der Waals surface area contributed by atoms with Gasteiger partial charge < -0.3 is 15.2 Å². The lowest BCUT2D eigenvalue weighted by molar-refractivity contribution is 0.0713. The molecule has 0 radical (unpaired) electrons. The lowest BCUT2D eigenvalue weighted by atomic mass is 9.92. The number of amides is 1. The van der Waals surface area contributed by atoms with E-state index < -0.39 is 6.10 Å². The van der Waals surface area contributed by atoms with Crippen molar-refractivity contribution >= 4 is 11.4 Å². The summed E-state index contributed by atoms with van der Waals surface area (Å²) < 4.78 is 7.18. The highest BCUT2D eigenvalue weighted by Gasteiger charge is 2.25. The number of benzene rings is 1. The quantitative estimate of drug-likeness (QED) is 0.457. The molecule has 1 fully saturated rings. The summed E-state index contributed by atoms with van der Waals surface area (Å²) in [6.07, 6.45) is 9.01. The van der Waals surface area contributed by atoms with Crippen LogP contribution >= 0.6 is 0 Å². The summed E-state index contributed by atoms with van der Waals surface area (Å²) in [4.78, 5) is 17.1. The van der Waals surface area contributed by atoms with Crippen molar-refractivity contribution in [1.29, 1.82) is 0 Å². The Labute approximate surface area is 198 Å². The Kier molecular flexibility index (Phi) is 6.27. The predicted octanol–water partition coefficient (Wildman–Crippen LogP) is 4.03. The van der Waals surface area contributed by atoms with Gasteiger partial charge in [0.05, 0.1) is 31.0 Å². The first-order valence-corrected chi connectivity index (χ1v) is 11.7. The van der Waals surface area contributed by atoms with E-state index in [0.717, 1.165) is 59.2 Å². The van der Waals surface area contributed by atoms with Gasteiger partial charge in [0.15, 0.2) is 0 Å². The molecule has 1 amide bonds. The maximum absolute atomic E-state index is 13.0. The van der Waals surface area contributed by atoms with Gasteiger partial charge in [-0.15, -0.1) is 0 Å². The standard InChI is InChI=1S/C27H28N4O3/c1-34-26-17-28-13-12-21(26)19-10-8-18(9-11-19)15-20-16-23(30-31-14-4-6-24(20)31)27(33)29-22-5-2-3-7-25(22)32/h4,6,8-14,16-17,22,25,32H,2-3,5,7,15H2,1H3,(H,29,33)/t22-,25-/m0/s1. The van der Waals surface area contributed by atoms with Gasteiger partial charge in [0.25, 0.3) is 5.91 Å². The fourth-order valence-electron chi connectivity index (χ4n) is 4.68. The van der Waals surface area contributed by atoms with Crippen molar-refractivity contribution in [2.75, 3.05) is 7.11 Å². The molecule has 7 heteroatoms. The summed E-state index contributed by atoms with van der Waals surface area (Å²) in [5.74, 6) is 0.487. The number of aliphatic hydroxyl groups is 1. The van der Waals surface area contributed by atoms with Crippen LogP contribution in [0, 0.1) is 0 Å². The molecule has 1 aliphatic carbocycles. The van der Waals surface area contributed by atoms with Crippen molar-refractivity contribution in [3.05, 3.63) is 83.9 Å². The molecule has 1 aromatic carbocycles. The van der Waals surface area contributed by atoms with Crippen LogP contribution in [0.1, 0.15) is 47.3 Å². The van der Waals surface area contributed by atoms with Crippen LogP contribution in [0.4, 0.5) is 0 Å². The Balaban J connectivity index is 1.39. The maximum Gasteiger partial charge on any atom is 0.272 e. The van der Waals surface area contributed by atoms with Crippen molar-refractivity contribution in [3.8, 4) is 16.9 Å². The lowest BCUT2D eigenvalue weighted by Gasteiger charge is -2.28. The molecule has 5 rings (SSSR count). The molecule has 7 nitrogen and oxygen atoms in total. The van der Waals surface area contributed by atoms with E-state index >= 15 is 0 Å². The summed E-state index contributed by atoms with van der Waals surface area (Å²) in [5.41, 5.74) is 5.51. The Hall–Kier alpha value is -3.71. The molecule has 3 aromatic heterocycles. The van der Waals surface area contributed by atoms with Crippen LogP contribution in [0.3, 0.4) is 0 Å².